The van der Waals surface area contributed by atoms with E-state index in [-0.39, 0.29) is 40.3 Å². The van der Waals surface area contributed by atoms with Crippen LogP contribution >= 0.6 is 0 Å². The maximum atomic E-state index is 13.4. The molecular formula is C28H35F3N2O2. The smallest absolute Gasteiger partial charge is 0.336 e. The molecule has 0 radical (unpaired) electrons. The lowest BCUT2D eigenvalue weighted by molar-refractivity contribution is -0.143. The van der Waals surface area contributed by atoms with Crippen LogP contribution in [0.15, 0.2) is 36.4 Å². The van der Waals surface area contributed by atoms with Crippen LogP contribution in [0.5, 0.6) is 0 Å². The number of benzene rings is 1. The average Bonchev–Trinajstić information content (AvgIpc) is 3.16. The molecule has 0 saturated heterocycles. The molecule has 0 unspecified atom stereocenters. The summed E-state index contributed by atoms with van der Waals surface area (Å²) in [6, 6.07) is 5.13. The highest BCUT2D eigenvalue weighted by molar-refractivity contribution is 5.93. The predicted molar refractivity (Wildman–Crippen MR) is 128 cm³/mol. The molecular weight excluding hydrogens is 453 g/mol. The number of halogens is 3. The fourth-order valence-electron chi connectivity index (χ4n) is 8.41. The second-order valence-electron chi connectivity index (χ2n) is 11.5. The number of anilines is 1. The van der Waals surface area contributed by atoms with Gasteiger partial charge >= 0.3 is 6.18 Å². The molecule has 1 N–H and O–H groups in total. The van der Waals surface area contributed by atoms with E-state index in [1.807, 2.05) is 11.8 Å². The van der Waals surface area contributed by atoms with Gasteiger partial charge in [0.1, 0.15) is 0 Å². The van der Waals surface area contributed by atoms with Gasteiger partial charge in [0, 0.05) is 29.6 Å². The molecule has 1 aromatic carbocycles. The lowest BCUT2D eigenvalue weighted by Crippen LogP contribution is -2.60. The molecule has 3 fully saturated rings. The number of hydrogen-bond donors (Lipinski definition) is 1. The fraction of sp³-hybridized carbons (Fsp3) is 0.643. The Hall–Kier alpha value is -2.31. The van der Waals surface area contributed by atoms with Crippen molar-refractivity contribution in [2.75, 3.05) is 11.9 Å². The zero-order chi connectivity index (χ0) is 25.2. The van der Waals surface area contributed by atoms with Crippen molar-refractivity contribution in [2.45, 2.75) is 71.5 Å². The van der Waals surface area contributed by atoms with Crippen molar-refractivity contribution < 1.29 is 22.8 Å². The maximum Gasteiger partial charge on any atom is 0.416 e. The number of amides is 2. The number of carbonyl (C=O) groups excluding carboxylic acids is 2. The summed E-state index contributed by atoms with van der Waals surface area (Å²) >= 11 is 0. The van der Waals surface area contributed by atoms with E-state index in [1.165, 1.54) is 12.1 Å². The standard InChI is InChI=1S/C28H35F3N2O2/c1-4-33-23-11-8-19-20-9-10-22(25(35)32-18-7-5-6-17(16-18)28(29,30)31)26(20,2)14-12-21(19)27(23,3)15-13-24(33)34/h5-7,13,15-16,19-23H,4,8-12,14H2,1-3H3,(H,32,35)/t19-,20-,21-,22+,23+,26-,27+/m0/s1. The van der Waals surface area contributed by atoms with Gasteiger partial charge in [-0.05, 0) is 92.9 Å². The van der Waals surface area contributed by atoms with Crippen LogP contribution in [0.25, 0.3) is 0 Å². The Morgan fingerprint density at radius 1 is 1.11 bits per heavy atom. The number of carbonyl (C=O) groups is 2. The van der Waals surface area contributed by atoms with E-state index in [1.54, 1.807) is 6.08 Å². The Labute approximate surface area is 205 Å². The summed E-state index contributed by atoms with van der Waals surface area (Å²) in [7, 11) is 0. The Balaban J connectivity index is 1.35. The van der Waals surface area contributed by atoms with Gasteiger partial charge in [0.05, 0.1) is 5.56 Å². The number of likely N-dealkylation sites (N-methyl/N-ethyl adjacent to an activating group) is 1. The number of hydrogen-bond acceptors (Lipinski definition) is 2. The molecule has 7 atom stereocenters. The number of rotatable bonds is 3. The second-order valence-corrected chi connectivity index (χ2v) is 11.5. The van der Waals surface area contributed by atoms with E-state index in [9.17, 15) is 22.8 Å². The SMILES string of the molecule is CCN1C(=O)C=C[C@]2(C)[C@H]3CC[C@]4(C)[C@@H](C(=O)Nc5cccc(C(F)(F)F)c5)CC[C@H]4[C@@H]3CC[C@@H]12. The van der Waals surface area contributed by atoms with E-state index >= 15 is 0 Å². The monoisotopic (exact) mass is 488 g/mol. The van der Waals surface area contributed by atoms with Crippen LogP contribution in [0, 0.1) is 34.5 Å². The number of fused-ring (bicyclic) bond motifs is 5. The van der Waals surface area contributed by atoms with E-state index in [4.69, 9.17) is 0 Å². The third-order valence-electron chi connectivity index (χ3n) is 10.1. The molecule has 0 spiro atoms. The van der Waals surface area contributed by atoms with E-state index in [0.29, 0.717) is 17.8 Å². The molecule has 35 heavy (non-hydrogen) atoms. The minimum absolute atomic E-state index is 0.0491. The lowest BCUT2D eigenvalue weighted by atomic mass is 9.47. The molecule has 190 valence electrons. The summed E-state index contributed by atoms with van der Waals surface area (Å²) in [5.41, 5.74) is -0.756. The number of nitrogens with one attached hydrogen (secondary N) is 1. The summed E-state index contributed by atoms with van der Waals surface area (Å²) in [6.45, 7) is 7.31. The first-order valence-corrected chi connectivity index (χ1v) is 13.0. The van der Waals surface area contributed by atoms with Gasteiger partial charge in [-0.1, -0.05) is 26.0 Å². The summed E-state index contributed by atoms with van der Waals surface area (Å²) < 4.78 is 39.4. The molecule has 0 aromatic heterocycles. The molecule has 5 rings (SSSR count). The number of alkyl halides is 3. The topological polar surface area (TPSA) is 49.4 Å². The first-order chi connectivity index (χ1) is 16.5. The van der Waals surface area contributed by atoms with Gasteiger partial charge in [-0.3, -0.25) is 9.59 Å². The largest absolute Gasteiger partial charge is 0.416 e. The van der Waals surface area contributed by atoms with E-state index < -0.39 is 11.7 Å². The normalized spacial score (nSPS) is 38.5. The quantitative estimate of drug-likeness (QED) is 0.544. The summed E-state index contributed by atoms with van der Waals surface area (Å²) in [4.78, 5) is 27.9. The van der Waals surface area contributed by atoms with Gasteiger partial charge in [0.15, 0.2) is 0 Å². The molecule has 3 aliphatic carbocycles. The van der Waals surface area contributed by atoms with Gasteiger partial charge in [0.2, 0.25) is 11.8 Å². The molecule has 1 aliphatic heterocycles. The van der Waals surface area contributed by atoms with Crippen LogP contribution in [0.2, 0.25) is 0 Å². The highest BCUT2D eigenvalue weighted by atomic mass is 19.4. The summed E-state index contributed by atoms with van der Waals surface area (Å²) in [6.07, 6.45) is 5.20. The van der Waals surface area contributed by atoms with Crippen LogP contribution in [0.4, 0.5) is 18.9 Å². The Bertz CT molecular complexity index is 1050. The first kappa shape index (κ1) is 24.4. The molecule has 7 heteroatoms. The molecule has 2 amide bonds. The molecule has 1 heterocycles. The molecule has 3 saturated carbocycles. The Morgan fingerprint density at radius 2 is 1.89 bits per heavy atom. The minimum atomic E-state index is -4.44. The third kappa shape index (κ3) is 3.80. The van der Waals surface area contributed by atoms with Crippen molar-refractivity contribution in [1.82, 2.24) is 4.90 Å². The van der Waals surface area contributed by atoms with Crippen molar-refractivity contribution in [1.29, 1.82) is 0 Å². The average molecular weight is 489 g/mol. The first-order valence-electron chi connectivity index (χ1n) is 13.0. The Morgan fingerprint density at radius 3 is 2.60 bits per heavy atom. The van der Waals surface area contributed by atoms with Crippen LogP contribution in [0.3, 0.4) is 0 Å². The summed E-state index contributed by atoms with van der Waals surface area (Å²) in [5.74, 6) is 1.14. The van der Waals surface area contributed by atoms with Crippen molar-refractivity contribution in [3.63, 3.8) is 0 Å². The van der Waals surface area contributed by atoms with Crippen molar-refractivity contribution in [2.24, 2.45) is 34.5 Å². The van der Waals surface area contributed by atoms with E-state index in [0.717, 1.165) is 57.2 Å². The lowest BCUT2D eigenvalue weighted by Gasteiger charge is -2.60. The zero-order valence-corrected chi connectivity index (χ0v) is 20.7. The Kier molecular flexibility index (Phi) is 5.84. The van der Waals surface area contributed by atoms with Gasteiger partial charge in [-0.2, -0.15) is 13.2 Å². The van der Waals surface area contributed by atoms with Crippen LogP contribution < -0.4 is 5.32 Å². The third-order valence-corrected chi connectivity index (χ3v) is 10.1. The molecule has 1 aromatic rings. The minimum Gasteiger partial charge on any atom is -0.336 e. The van der Waals surface area contributed by atoms with Crippen molar-refractivity contribution in [3.8, 4) is 0 Å². The van der Waals surface area contributed by atoms with Crippen LogP contribution in [-0.2, 0) is 15.8 Å². The zero-order valence-electron chi connectivity index (χ0n) is 20.7. The van der Waals surface area contributed by atoms with Crippen LogP contribution in [-0.4, -0.2) is 29.3 Å². The molecule has 4 aliphatic rings. The highest BCUT2D eigenvalue weighted by Crippen LogP contribution is 2.65. The molecule has 0 bridgehead atoms. The predicted octanol–water partition coefficient (Wildman–Crippen LogP) is 6.29. The highest BCUT2D eigenvalue weighted by Gasteiger charge is 2.61. The van der Waals surface area contributed by atoms with Gasteiger partial charge in [0.25, 0.3) is 0 Å². The van der Waals surface area contributed by atoms with Gasteiger partial charge in [-0.15, -0.1) is 0 Å². The van der Waals surface area contributed by atoms with E-state index in [2.05, 4.69) is 25.2 Å². The number of nitrogens with zero attached hydrogens (tertiary/aromatic N) is 1. The fourth-order valence-corrected chi connectivity index (χ4v) is 8.41. The maximum absolute atomic E-state index is 13.4. The van der Waals surface area contributed by atoms with Gasteiger partial charge in [-0.25, -0.2) is 0 Å². The summed E-state index contributed by atoms with van der Waals surface area (Å²) in [5, 5.41) is 2.80. The second kappa shape index (κ2) is 8.38. The van der Waals surface area contributed by atoms with Gasteiger partial charge < -0.3 is 10.2 Å². The van der Waals surface area contributed by atoms with Crippen molar-refractivity contribution in [3.05, 3.63) is 42.0 Å². The molecule has 4 nitrogen and oxygen atoms in total. The van der Waals surface area contributed by atoms with Crippen molar-refractivity contribution >= 4 is 17.5 Å². The van der Waals surface area contributed by atoms with Crippen LogP contribution in [0.1, 0.15) is 64.9 Å².